The van der Waals surface area contributed by atoms with Crippen molar-refractivity contribution in [3.63, 3.8) is 0 Å². The molecule has 4 nitrogen and oxygen atoms in total. The molecule has 0 bridgehead atoms. The predicted octanol–water partition coefficient (Wildman–Crippen LogP) is 5.54. The molecule has 2 aromatic carbocycles. The van der Waals surface area contributed by atoms with Gasteiger partial charge >= 0.3 is 0 Å². The highest BCUT2D eigenvalue weighted by molar-refractivity contribution is 7.99. The first-order valence-electron chi connectivity index (χ1n) is 10.2. The molecule has 0 saturated carbocycles. The van der Waals surface area contributed by atoms with Crippen LogP contribution in [0.1, 0.15) is 46.1 Å². The minimum absolute atomic E-state index is 0.00730. The van der Waals surface area contributed by atoms with Gasteiger partial charge in [0.05, 0.1) is 0 Å². The summed E-state index contributed by atoms with van der Waals surface area (Å²) >= 11 is 7.62. The van der Waals surface area contributed by atoms with Crippen molar-refractivity contribution in [1.82, 2.24) is 10.2 Å². The Morgan fingerprint density at radius 1 is 1.07 bits per heavy atom. The first-order valence-corrected chi connectivity index (χ1v) is 11.6. The van der Waals surface area contributed by atoms with Gasteiger partial charge in [-0.1, -0.05) is 41.9 Å². The lowest BCUT2D eigenvalue weighted by atomic mass is 10.1. The van der Waals surface area contributed by atoms with Gasteiger partial charge in [-0.2, -0.15) is 0 Å². The van der Waals surface area contributed by atoms with Gasteiger partial charge in [0.2, 0.25) is 11.8 Å². The molecular formula is C24H31ClN2O2S. The summed E-state index contributed by atoms with van der Waals surface area (Å²) in [6, 6.07) is 16.9. The zero-order valence-corrected chi connectivity index (χ0v) is 19.7. The standard InChI is InChI=1S/C24H31ClN2O2S/c1-18(23(29)26-24(2,3)4)27(17-19-9-6-5-7-10-19)22(28)11-8-16-30-21-14-12-20(25)13-15-21/h5-7,9-10,12-15,18H,8,11,16-17H2,1-4H3,(H,26,29)/t18-/m1/s1. The van der Waals surface area contributed by atoms with Crippen LogP contribution in [0.4, 0.5) is 0 Å². The second-order valence-electron chi connectivity index (χ2n) is 8.33. The Bertz CT molecular complexity index is 819. The summed E-state index contributed by atoms with van der Waals surface area (Å²) in [5.41, 5.74) is 0.666. The molecule has 2 rings (SSSR count). The maximum absolute atomic E-state index is 13.0. The Balaban J connectivity index is 1.98. The molecule has 6 heteroatoms. The molecule has 1 N–H and O–H groups in total. The SMILES string of the molecule is C[C@H](C(=O)NC(C)(C)C)N(Cc1ccccc1)C(=O)CCCSc1ccc(Cl)cc1. The molecule has 1 atom stereocenters. The van der Waals surface area contributed by atoms with Gasteiger partial charge in [-0.25, -0.2) is 0 Å². The lowest BCUT2D eigenvalue weighted by Gasteiger charge is -2.31. The number of rotatable bonds is 9. The van der Waals surface area contributed by atoms with Gasteiger partial charge in [-0.05, 0) is 69.7 Å². The van der Waals surface area contributed by atoms with Crippen LogP contribution in [0.2, 0.25) is 5.02 Å². The third-order valence-corrected chi connectivity index (χ3v) is 5.83. The van der Waals surface area contributed by atoms with Crippen molar-refractivity contribution in [3.8, 4) is 0 Å². The monoisotopic (exact) mass is 446 g/mol. The molecule has 0 unspecified atom stereocenters. The number of carbonyl (C=O) groups excluding carboxylic acids is 2. The van der Waals surface area contributed by atoms with E-state index in [4.69, 9.17) is 11.6 Å². The largest absolute Gasteiger partial charge is 0.350 e. The fraction of sp³-hybridized carbons (Fsp3) is 0.417. The molecule has 0 aromatic heterocycles. The normalized spacial score (nSPS) is 12.3. The van der Waals surface area contributed by atoms with Gasteiger partial charge in [0.1, 0.15) is 6.04 Å². The third kappa shape index (κ3) is 8.41. The number of halogens is 1. The first-order chi connectivity index (χ1) is 14.2. The molecule has 0 aliphatic carbocycles. The maximum atomic E-state index is 13.0. The van der Waals surface area contributed by atoms with Crippen molar-refractivity contribution >= 4 is 35.2 Å². The number of nitrogens with one attached hydrogen (secondary N) is 1. The average Bonchev–Trinajstić information content (AvgIpc) is 2.69. The summed E-state index contributed by atoms with van der Waals surface area (Å²) in [5.74, 6) is 0.684. The number of carbonyl (C=O) groups is 2. The van der Waals surface area contributed by atoms with E-state index in [0.717, 1.165) is 22.6 Å². The van der Waals surface area contributed by atoms with Crippen LogP contribution in [-0.2, 0) is 16.1 Å². The molecule has 2 amide bonds. The highest BCUT2D eigenvalue weighted by Gasteiger charge is 2.28. The summed E-state index contributed by atoms with van der Waals surface area (Å²) in [6.45, 7) is 8.03. The third-order valence-electron chi connectivity index (χ3n) is 4.48. The van der Waals surface area contributed by atoms with Crippen molar-refractivity contribution < 1.29 is 9.59 Å². The fourth-order valence-electron chi connectivity index (χ4n) is 2.92. The molecule has 0 saturated heterocycles. The number of benzene rings is 2. The minimum Gasteiger partial charge on any atom is -0.350 e. The molecule has 0 radical (unpaired) electrons. The van der Waals surface area contributed by atoms with E-state index in [1.807, 2.05) is 75.4 Å². The molecule has 0 spiro atoms. The van der Waals surface area contributed by atoms with Gasteiger partial charge in [0.25, 0.3) is 0 Å². The zero-order valence-electron chi connectivity index (χ0n) is 18.2. The van der Waals surface area contributed by atoms with Crippen LogP contribution in [0, 0.1) is 0 Å². The number of amides is 2. The highest BCUT2D eigenvalue weighted by atomic mass is 35.5. The van der Waals surface area contributed by atoms with E-state index in [1.165, 1.54) is 0 Å². The highest BCUT2D eigenvalue weighted by Crippen LogP contribution is 2.22. The zero-order chi connectivity index (χ0) is 22.1. The molecule has 0 heterocycles. The van der Waals surface area contributed by atoms with Crippen molar-refractivity contribution in [2.45, 2.75) is 63.6 Å². The van der Waals surface area contributed by atoms with Crippen LogP contribution in [0.15, 0.2) is 59.5 Å². The lowest BCUT2D eigenvalue weighted by Crippen LogP contribution is -2.52. The molecule has 0 fully saturated rings. The van der Waals surface area contributed by atoms with Crippen LogP contribution >= 0.6 is 23.4 Å². The fourth-order valence-corrected chi connectivity index (χ4v) is 3.90. The van der Waals surface area contributed by atoms with Gasteiger partial charge < -0.3 is 10.2 Å². The van der Waals surface area contributed by atoms with Gasteiger partial charge in [-0.15, -0.1) is 11.8 Å². The molecule has 30 heavy (non-hydrogen) atoms. The molecule has 162 valence electrons. The summed E-state index contributed by atoms with van der Waals surface area (Å²) in [7, 11) is 0. The number of nitrogens with zero attached hydrogens (tertiary/aromatic N) is 1. The predicted molar refractivity (Wildman–Crippen MR) is 126 cm³/mol. The van der Waals surface area contributed by atoms with Gasteiger partial charge in [-0.3, -0.25) is 9.59 Å². The van der Waals surface area contributed by atoms with Crippen molar-refractivity contribution in [2.75, 3.05) is 5.75 Å². The minimum atomic E-state index is -0.541. The first kappa shape index (κ1) is 24.3. The Morgan fingerprint density at radius 3 is 2.30 bits per heavy atom. The van der Waals surface area contributed by atoms with Crippen LogP contribution in [-0.4, -0.2) is 34.0 Å². The number of hydrogen-bond donors (Lipinski definition) is 1. The van der Waals surface area contributed by atoms with Crippen LogP contribution in [0.5, 0.6) is 0 Å². The van der Waals surface area contributed by atoms with Crippen LogP contribution in [0.25, 0.3) is 0 Å². The van der Waals surface area contributed by atoms with E-state index in [9.17, 15) is 9.59 Å². The Kier molecular flexibility index (Phi) is 9.25. The summed E-state index contributed by atoms with van der Waals surface area (Å²) in [6.07, 6.45) is 1.14. The molecule has 0 aliphatic heterocycles. The lowest BCUT2D eigenvalue weighted by molar-refractivity contribution is -0.141. The Labute approximate surface area is 189 Å². The summed E-state index contributed by atoms with van der Waals surface area (Å²) in [4.78, 5) is 28.6. The second kappa shape index (κ2) is 11.4. The van der Waals surface area contributed by atoms with Gasteiger partial charge in [0.15, 0.2) is 0 Å². The van der Waals surface area contributed by atoms with E-state index in [0.29, 0.717) is 18.0 Å². The van der Waals surface area contributed by atoms with E-state index in [2.05, 4.69) is 5.32 Å². The van der Waals surface area contributed by atoms with Crippen molar-refractivity contribution in [2.24, 2.45) is 0 Å². The quantitative estimate of drug-likeness (QED) is 0.406. The molecule has 0 aliphatic rings. The number of thioether (sulfide) groups is 1. The van der Waals surface area contributed by atoms with E-state index in [-0.39, 0.29) is 17.4 Å². The summed E-state index contributed by atoms with van der Waals surface area (Å²) in [5, 5.41) is 3.70. The summed E-state index contributed by atoms with van der Waals surface area (Å²) < 4.78 is 0. The Morgan fingerprint density at radius 2 is 1.70 bits per heavy atom. The van der Waals surface area contributed by atoms with E-state index < -0.39 is 6.04 Å². The molecule has 2 aromatic rings. The molecular weight excluding hydrogens is 416 g/mol. The van der Waals surface area contributed by atoms with Crippen molar-refractivity contribution in [1.29, 1.82) is 0 Å². The topological polar surface area (TPSA) is 49.4 Å². The van der Waals surface area contributed by atoms with Crippen LogP contribution < -0.4 is 5.32 Å². The average molecular weight is 447 g/mol. The number of hydrogen-bond acceptors (Lipinski definition) is 3. The van der Waals surface area contributed by atoms with E-state index >= 15 is 0 Å². The second-order valence-corrected chi connectivity index (χ2v) is 9.93. The van der Waals surface area contributed by atoms with Crippen LogP contribution in [0.3, 0.4) is 0 Å². The smallest absolute Gasteiger partial charge is 0.242 e. The van der Waals surface area contributed by atoms with Crippen molar-refractivity contribution in [3.05, 3.63) is 65.2 Å². The maximum Gasteiger partial charge on any atom is 0.242 e. The Hall–Kier alpha value is -1.98. The van der Waals surface area contributed by atoms with E-state index in [1.54, 1.807) is 23.6 Å². The van der Waals surface area contributed by atoms with Gasteiger partial charge in [0, 0.05) is 28.4 Å².